The van der Waals surface area contributed by atoms with Crippen LogP contribution in [0.4, 0.5) is 13.2 Å². The minimum absolute atomic E-state index is 0.00756. The molecule has 0 spiro atoms. The molecule has 4 aromatic rings. The van der Waals surface area contributed by atoms with Crippen molar-refractivity contribution in [1.29, 1.82) is 0 Å². The van der Waals surface area contributed by atoms with E-state index in [9.17, 15) is 22.8 Å². The molecule has 1 heterocycles. The van der Waals surface area contributed by atoms with Gasteiger partial charge in [-0.05, 0) is 61.4 Å². The lowest BCUT2D eigenvalue weighted by Gasteiger charge is -2.15. The predicted molar refractivity (Wildman–Crippen MR) is 125 cm³/mol. The number of carbonyl (C=O) groups excluding carboxylic acids is 1. The topological polar surface area (TPSA) is 65.7 Å². The fourth-order valence-electron chi connectivity index (χ4n) is 3.37. The van der Waals surface area contributed by atoms with Gasteiger partial charge in [-0.3, -0.25) is 4.79 Å². The van der Waals surface area contributed by atoms with Crippen LogP contribution in [0.15, 0.2) is 63.8 Å². The number of ether oxygens (including phenoxy) is 2. The molecule has 3 aromatic carbocycles. The molecule has 0 atom stereocenters. The highest BCUT2D eigenvalue weighted by molar-refractivity contribution is 6.33. The lowest BCUT2D eigenvalue weighted by atomic mass is 10.1. The number of esters is 1. The summed E-state index contributed by atoms with van der Waals surface area (Å²) in [6, 6.07) is 12.4. The number of fused-ring (bicyclic) bond motifs is 1. The maximum Gasteiger partial charge on any atom is 0.453 e. The summed E-state index contributed by atoms with van der Waals surface area (Å²) in [5.41, 5.74) is -0.310. The Morgan fingerprint density at radius 2 is 1.60 bits per heavy atom. The number of carbonyl (C=O) groups is 1. The second-order valence-corrected chi connectivity index (χ2v) is 8.37. The fourth-order valence-corrected chi connectivity index (χ4v) is 3.69. The van der Waals surface area contributed by atoms with Gasteiger partial charge >= 0.3 is 12.1 Å². The molecular weight excluding hydrogens is 508 g/mol. The summed E-state index contributed by atoms with van der Waals surface area (Å²) >= 11 is 12.1. The first-order valence-electron chi connectivity index (χ1n) is 10.0. The SMILES string of the molecule is Cc1cc(Oc2c(C(F)(F)F)oc3cc(OC(=O)c4ccccc4Cl)ccc3c2=O)cc(C)c1Cl. The van der Waals surface area contributed by atoms with Crippen molar-refractivity contribution in [2.75, 3.05) is 0 Å². The average Bonchev–Trinajstić information content (AvgIpc) is 2.78. The number of halogens is 5. The van der Waals surface area contributed by atoms with Gasteiger partial charge in [0.25, 0.3) is 5.76 Å². The zero-order chi connectivity index (χ0) is 25.5. The second-order valence-electron chi connectivity index (χ2n) is 7.59. The summed E-state index contributed by atoms with van der Waals surface area (Å²) in [5.74, 6) is -3.63. The van der Waals surface area contributed by atoms with Crippen LogP contribution in [0.1, 0.15) is 27.2 Å². The molecule has 0 aliphatic heterocycles. The van der Waals surface area contributed by atoms with Crippen LogP contribution < -0.4 is 14.9 Å². The number of benzene rings is 3. The van der Waals surface area contributed by atoms with Gasteiger partial charge in [-0.25, -0.2) is 4.79 Å². The van der Waals surface area contributed by atoms with E-state index in [0.717, 1.165) is 6.07 Å². The monoisotopic (exact) mass is 522 g/mol. The molecule has 0 bridgehead atoms. The summed E-state index contributed by atoms with van der Waals surface area (Å²) < 4.78 is 57.1. The van der Waals surface area contributed by atoms with Crippen molar-refractivity contribution in [3.05, 3.63) is 97.3 Å². The molecule has 0 aliphatic carbocycles. The van der Waals surface area contributed by atoms with Crippen LogP contribution in [-0.2, 0) is 6.18 Å². The van der Waals surface area contributed by atoms with Gasteiger partial charge in [0.1, 0.15) is 17.1 Å². The molecule has 5 nitrogen and oxygen atoms in total. The van der Waals surface area contributed by atoms with E-state index in [1.54, 1.807) is 26.0 Å². The molecule has 180 valence electrons. The molecule has 0 amide bonds. The Bertz CT molecular complexity index is 1500. The number of hydrogen-bond acceptors (Lipinski definition) is 5. The second kappa shape index (κ2) is 9.28. The number of aryl methyl sites for hydroxylation is 2. The molecular formula is C25H15Cl2F3O5. The van der Waals surface area contributed by atoms with Crippen molar-refractivity contribution in [2.45, 2.75) is 20.0 Å². The molecule has 0 aliphatic rings. The first-order chi connectivity index (χ1) is 16.5. The van der Waals surface area contributed by atoms with Crippen molar-refractivity contribution < 1.29 is 31.9 Å². The Morgan fingerprint density at radius 1 is 0.943 bits per heavy atom. The van der Waals surface area contributed by atoms with Crippen molar-refractivity contribution in [3.8, 4) is 17.2 Å². The molecule has 0 saturated heterocycles. The molecule has 4 rings (SSSR count). The number of hydrogen-bond donors (Lipinski definition) is 0. The first-order valence-corrected chi connectivity index (χ1v) is 10.8. The Hall–Kier alpha value is -3.49. The zero-order valence-electron chi connectivity index (χ0n) is 18.1. The minimum atomic E-state index is -5.05. The summed E-state index contributed by atoms with van der Waals surface area (Å²) in [4.78, 5) is 25.4. The molecule has 0 radical (unpaired) electrons. The van der Waals surface area contributed by atoms with Gasteiger partial charge in [-0.2, -0.15) is 13.2 Å². The van der Waals surface area contributed by atoms with E-state index in [-0.39, 0.29) is 27.5 Å². The lowest BCUT2D eigenvalue weighted by molar-refractivity contribution is -0.154. The normalized spacial score (nSPS) is 11.5. The van der Waals surface area contributed by atoms with Gasteiger partial charge in [0, 0.05) is 11.1 Å². The highest BCUT2D eigenvalue weighted by Gasteiger charge is 2.40. The van der Waals surface area contributed by atoms with Crippen LogP contribution in [0.5, 0.6) is 17.2 Å². The average molecular weight is 523 g/mol. The maximum absolute atomic E-state index is 13.8. The van der Waals surface area contributed by atoms with E-state index >= 15 is 0 Å². The van der Waals surface area contributed by atoms with Gasteiger partial charge in [0.05, 0.1) is 16.0 Å². The molecule has 1 aromatic heterocycles. The van der Waals surface area contributed by atoms with Crippen LogP contribution in [0.3, 0.4) is 0 Å². The van der Waals surface area contributed by atoms with Crippen molar-refractivity contribution in [1.82, 2.24) is 0 Å². The summed E-state index contributed by atoms with van der Waals surface area (Å²) in [7, 11) is 0. The molecule has 0 unspecified atom stereocenters. The maximum atomic E-state index is 13.8. The van der Waals surface area contributed by atoms with Crippen LogP contribution in [0.25, 0.3) is 11.0 Å². The predicted octanol–water partition coefficient (Wildman–Crippen LogP) is 7.75. The standard InChI is InChI=1S/C25H15Cl2F3O5/c1-12-9-15(10-13(2)20(12)27)33-22-21(31)17-8-7-14(11-19(17)35-23(22)25(28,29)30)34-24(32)16-5-3-4-6-18(16)26/h3-11H,1-2H3. The smallest absolute Gasteiger partial charge is 0.449 e. The number of rotatable bonds is 4. The Morgan fingerprint density at radius 3 is 2.23 bits per heavy atom. The molecule has 0 saturated carbocycles. The third-order valence-electron chi connectivity index (χ3n) is 5.01. The van der Waals surface area contributed by atoms with Crippen molar-refractivity contribution >= 4 is 40.1 Å². The van der Waals surface area contributed by atoms with E-state index in [1.807, 2.05) is 0 Å². The van der Waals surface area contributed by atoms with Gasteiger partial charge in [0.15, 0.2) is 0 Å². The van der Waals surface area contributed by atoms with E-state index in [2.05, 4.69) is 0 Å². The summed E-state index contributed by atoms with van der Waals surface area (Å²) in [6.07, 6.45) is -5.05. The van der Waals surface area contributed by atoms with Crippen LogP contribution >= 0.6 is 23.2 Å². The van der Waals surface area contributed by atoms with Crippen LogP contribution in [0, 0.1) is 13.8 Å². The van der Waals surface area contributed by atoms with Crippen molar-refractivity contribution in [3.63, 3.8) is 0 Å². The Balaban J connectivity index is 1.78. The molecule has 0 fully saturated rings. The first kappa shape index (κ1) is 24.6. The molecule has 35 heavy (non-hydrogen) atoms. The van der Waals surface area contributed by atoms with E-state index in [1.165, 1.54) is 36.4 Å². The highest BCUT2D eigenvalue weighted by atomic mass is 35.5. The lowest BCUT2D eigenvalue weighted by Crippen LogP contribution is -2.16. The third kappa shape index (κ3) is 4.99. The summed E-state index contributed by atoms with van der Waals surface area (Å²) in [6.45, 7) is 3.31. The quantitative estimate of drug-likeness (QED) is 0.202. The Kier molecular flexibility index (Phi) is 6.53. The molecule has 0 N–H and O–H groups in total. The molecule has 10 heteroatoms. The van der Waals surface area contributed by atoms with Crippen molar-refractivity contribution in [2.24, 2.45) is 0 Å². The highest BCUT2D eigenvalue weighted by Crippen LogP contribution is 2.39. The van der Waals surface area contributed by atoms with E-state index in [4.69, 9.17) is 37.1 Å². The van der Waals surface area contributed by atoms with Crippen LogP contribution in [-0.4, -0.2) is 5.97 Å². The van der Waals surface area contributed by atoms with Gasteiger partial charge in [0.2, 0.25) is 11.2 Å². The fraction of sp³-hybridized carbons (Fsp3) is 0.120. The Labute approximate surface area is 206 Å². The van der Waals surface area contributed by atoms with Gasteiger partial charge < -0.3 is 13.9 Å². The minimum Gasteiger partial charge on any atom is -0.449 e. The van der Waals surface area contributed by atoms with E-state index in [0.29, 0.717) is 16.1 Å². The number of alkyl halides is 3. The summed E-state index contributed by atoms with van der Waals surface area (Å²) in [5, 5.41) is 0.365. The largest absolute Gasteiger partial charge is 0.453 e. The van der Waals surface area contributed by atoms with Crippen LogP contribution in [0.2, 0.25) is 10.0 Å². The van der Waals surface area contributed by atoms with Gasteiger partial charge in [-0.15, -0.1) is 0 Å². The van der Waals surface area contributed by atoms with Gasteiger partial charge in [-0.1, -0.05) is 35.3 Å². The van der Waals surface area contributed by atoms with E-state index < -0.39 is 34.7 Å². The zero-order valence-corrected chi connectivity index (χ0v) is 19.6. The third-order valence-corrected chi connectivity index (χ3v) is 5.94.